The molecule has 0 radical (unpaired) electrons. The number of amides is 2. The number of anilines is 2. The van der Waals surface area contributed by atoms with Crippen molar-refractivity contribution < 1.29 is 29.4 Å². The van der Waals surface area contributed by atoms with Gasteiger partial charge < -0.3 is 20.8 Å². The van der Waals surface area contributed by atoms with Gasteiger partial charge in [-0.3, -0.25) is 19.2 Å². The van der Waals surface area contributed by atoms with Crippen LogP contribution in [0.5, 0.6) is 0 Å². The molecule has 0 aromatic heterocycles. The number of rotatable bonds is 16. The molecule has 0 aliphatic carbocycles. The van der Waals surface area contributed by atoms with Gasteiger partial charge in [-0.15, -0.1) is 0 Å². The highest BCUT2D eigenvalue weighted by atomic mass is 16.4. The van der Waals surface area contributed by atoms with Crippen molar-refractivity contribution in [2.45, 2.75) is 77.0 Å². The molecule has 0 aliphatic heterocycles. The van der Waals surface area contributed by atoms with E-state index in [1.807, 2.05) is 60.7 Å². The Balaban J connectivity index is 0.000000360. The predicted octanol–water partition coefficient (Wildman–Crippen LogP) is 6.10. The quantitative estimate of drug-likeness (QED) is 0.207. The zero-order valence-electron chi connectivity index (χ0n) is 20.8. The summed E-state index contributed by atoms with van der Waals surface area (Å²) in [6.45, 7) is 0. The number of hydrogen-bond acceptors (Lipinski definition) is 4. The number of hydrogen-bond donors (Lipinski definition) is 4. The first-order valence-electron chi connectivity index (χ1n) is 12.5. The van der Waals surface area contributed by atoms with E-state index in [9.17, 15) is 19.2 Å². The third-order valence-electron chi connectivity index (χ3n) is 5.20. The minimum absolute atomic E-state index is 0.0134. The maximum Gasteiger partial charge on any atom is 0.303 e. The highest BCUT2D eigenvalue weighted by Crippen LogP contribution is 2.10. The summed E-state index contributed by atoms with van der Waals surface area (Å²) in [4.78, 5) is 43.7. The van der Waals surface area contributed by atoms with E-state index < -0.39 is 11.9 Å². The molecule has 0 heterocycles. The molecule has 0 atom stereocenters. The lowest BCUT2D eigenvalue weighted by molar-refractivity contribution is -0.138. The van der Waals surface area contributed by atoms with Crippen molar-refractivity contribution in [3.63, 3.8) is 0 Å². The van der Waals surface area contributed by atoms with Gasteiger partial charge in [-0.25, -0.2) is 0 Å². The molecule has 2 rings (SSSR count). The summed E-state index contributed by atoms with van der Waals surface area (Å²) in [7, 11) is 0. The lowest BCUT2D eigenvalue weighted by atomic mass is 10.1. The van der Waals surface area contributed by atoms with Crippen LogP contribution in [0.2, 0.25) is 0 Å². The SMILES string of the molecule is O=C(O)CCCCCCC(=O)Nc1ccccc1.O=C(O)CCCCCCC(=O)Nc1ccccc1. The molecule has 0 fully saturated rings. The summed E-state index contributed by atoms with van der Waals surface area (Å²) in [5.74, 6) is -1.48. The molecule has 0 spiro atoms. The maximum atomic E-state index is 11.5. The average Bonchev–Trinajstić information content (AvgIpc) is 2.85. The lowest BCUT2D eigenvalue weighted by Crippen LogP contribution is -2.10. The highest BCUT2D eigenvalue weighted by molar-refractivity contribution is 5.91. The largest absolute Gasteiger partial charge is 0.481 e. The van der Waals surface area contributed by atoms with E-state index in [-0.39, 0.29) is 24.7 Å². The summed E-state index contributed by atoms with van der Waals surface area (Å²) in [5, 5.41) is 22.6. The Kier molecular flexibility index (Phi) is 16.5. The lowest BCUT2D eigenvalue weighted by Gasteiger charge is -2.04. The second-order valence-corrected chi connectivity index (χ2v) is 8.44. The van der Waals surface area contributed by atoms with E-state index in [0.717, 1.165) is 49.9 Å². The summed E-state index contributed by atoms with van der Waals surface area (Å²) in [5.41, 5.74) is 1.63. The normalized spacial score (nSPS) is 10.0. The van der Waals surface area contributed by atoms with Crippen LogP contribution < -0.4 is 10.6 Å². The molecule has 2 aromatic rings. The van der Waals surface area contributed by atoms with Gasteiger partial charge >= 0.3 is 11.9 Å². The van der Waals surface area contributed by atoms with Crippen molar-refractivity contribution in [1.82, 2.24) is 0 Å². The molecule has 8 nitrogen and oxygen atoms in total. The van der Waals surface area contributed by atoms with Gasteiger partial charge in [-0.05, 0) is 49.9 Å². The molecule has 2 amide bonds. The second kappa shape index (κ2) is 19.6. The van der Waals surface area contributed by atoms with Gasteiger partial charge in [0.1, 0.15) is 0 Å². The Labute approximate surface area is 213 Å². The van der Waals surface area contributed by atoms with Gasteiger partial charge in [0.2, 0.25) is 11.8 Å². The number of benzene rings is 2. The smallest absolute Gasteiger partial charge is 0.303 e. The van der Waals surface area contributed by atoms with Crippen LogP contribution >= 0.6 is 0 Å². The summed E-state index contributed by atoms with van der Waals surface area (Å²) < 4.78 is 0. The summed E-state index contributed by atoms with van der Waals surface area (Å²) in [6.07, 6.45) is 7.93. The van der Waals surface area contributed by atoms with Crippen molar-refractivity contribution in [3.05, 3.63) is 60.7 Å². The topological polar surface area (TPSA) is 133 Å². The van der Waals surface area contributed by atoms with E-state index in [1.54, 1.807) is 0 Å². The number of aliphatic carboxylic acids is 2. The van der Waals surface area contributed by atoms with Crippen LogP contribution in [0.4, 0.5) is 11.4 Å². The van der Waals surface area contributed by atoms with Crippen molar-refractivity contribution in [3.8, 4) is 0 Å². The van der Waals surface area contributed by atoms with Crippen LogP contribution in [-0.2, 0) is 19.2 Å². The van der Waals surface area contributed by atoms with Gasteiger partial charge in [0.25, 0.3) is 0 Å². The van der Waals surface area contributed by atoms with Crippen LogP contribution in [0.3, 0.4) is 0 Å². The molecule has 36 heavy (non-hydrogen) atoms. The highest BCUT2D eigenvalue weighted by Gasteiger charge is 2.03. The van der Waals surface area contributed by atoms with Crippen LogP contribution in [0, 0.1) is 0 Å². The monoisotopic (exact) mass is 498 g/mol. The standard InChI is InChI=1S/2C14H19NO3/c2*16-13(15-12-8-4-3-5-9-12)10-6-1-2-7-11-14(17)18/h2*3-5,8-9H,1-2,6-7,10-11H2,(H,15,16)(H,17,18). The minimum atomic E-state index is -0.753. The van der Waals surface area contributed by atoms with Gasteiger partial charge in [-0.2, -0.15) is 0 Å². The van der Waals surface area contributed by atoms with E-state index in [1.165, 1.54) is 0 Å². The van der Waals surface area contributed by atoms with Crippen LogP contribution in [0.15, 0.2) is 60.7 Å². The Morgan fingerprint density at radius 1 is 0.472 bits per heavy atom. The summed E-state index contributed by atoms with van der Waals surface area (Å²) in [6, 6.07) is 18.7. The van der Waals surface area contributed by atoms with Crippen LogP contribution in [-0.4, -0.2) is 34.0 Å². The Morgan fingerprint density at radius 3 is 1.08 bits per heavy atom. The Hall–Kier alpha value is -3.68. The van der Waals surface area contributed by atoms with E-state index in [0.29, 0.717) is 25.7 Å². The van der Waals surface area contributed by atoms with Gasteiger partial charge in [0, 0.05) is 37.1 Å². The predicted molar refractivity (Wildman–Crippen MR) is 141 cm³/mol. The number of carboxylic acids is 2. The molecule has 2 aromatic carbocycles. The molecule has 8 heteroatoms. The number of carbonyl (C=O) groups is 4. The molecule has 0 unspecified atom stereocenters. The number of nitrogens with one attached hydrogen (secondary N) is 2. The summed E-state index contributed by atoms with van der Waals surface area (Å²) >= 11 is 0. The number of carboxylic acid groups (broad SMARTS) is 2. The van der Waals surface area contributed by atoms with Crippen molar-refractivity contribution in [2.24, 2.45) is 0 Å². The zero-order chi connectivity index (χ0) is 26.4. The van der Waals surface area contributed by atoms with E-state index in [2.05, 4.69) is 10.6 Å². The number of unbranched alkanes of at least 4 members (excludes halogenated alkanes) is 6. The van der Waals surface area contributed by atoms with Crippen LogP contribution in [0.1, 0.15) is 77.0 Å². The number of carbonyl (C=O) groups excluding carboxylic acids is 2. The average molecular weight is 499 g/mol. The Bertz CT molecular complexity index is 827. The van der Waals surface area contributed by atoms with Crippen molar-refractivity contribution in [2.75, 3.05) is 10.6 Å². The fourth-order valence-electron chi connectivity index (χ4n) is 3.32. The second-order valence-electron chi connectivity index (χ2n) is 8.44. The molecule has 0 aliphatic rings. The maximum absolute atomic E-state index is 11.5. The molecule has 196 valence electrons. The first kappa shape index (κ1) is 30.4. The van der Waals surface area contributed by atoms with Gasteiger partial charge in [0.05, 0.1) is 0 Å². The third kappa shape index (κ3) is 17.8. The molecule has 0 bridgehead atoms. The third-order valence-corrected chi connectivity index (χ3v) is 5.20. The first-order valence-corrected chi connectivity index (χ1v) is 12.5. The van der Waals surface area contributed by atoms with E-state index in [4.69, 9.17) is 10.2 Å². The fraction of sp³-hybridized carbons (Fsp3) is 0.429. The van der Waals surface area contributed by atoms with Crippen LogP contribution in [0.25, 0.3) is 0 Å². The first-order chi connectivity index (χ1) is 17.4. The van der Waals surface area contributed by atoms with Crippen molar-refractivity contribution in [1.29, 1.82) is 0 Å². The van der Waals surface area contributed by atoms with Gasteiger partial charge in [0.15, 0.2) is 0 Å². The molecule has 4 N–H and O–H groups in total. The molecule has 0 saturated carbocycles. The molecular formula is C28H38N2O6. The van der Waals surface area contributed by atoms with E-state index >= 15 is 0 Å². The minimum Gasteiger partial charge on any atom is -0.481 e. The zero-order valence-corrected chi connectivity index (χ0v) is 20.8. The Morgan fingerprint density at radius 2 is 0.778 bits per heavy atom. The molecule has 0 saturated heterocycles. The van der Waals surface area contributed by atoms with Gasteiger partial charge in [-0.1, -0.05) is 62.1 Å². The molecular weight excluding hydrogens is 460 g/mol. The fourth-order valence-corrected chi connectivity index (χ4v) is 3.32. The number of para-hydroxylation sites is 2. The van der Waals surface area contributed by atoms with Crippen molar-refractivity contribution >= 4 is 35.1 Å².